The van der Waals surface area contributed by atoms with Crippen molar-refractivity contribution < 1.29 is 4.39 Å². The predicted molar refractivity (Wildman–Crippen MR) is 110 cm³/mol. The number of imidazole rings is 1. The minimum absolute atomic E-state index is 0.109. The second-order valence-electron chi connectivity index (χ2n) is 7.14. The van der Waals surface area contributed by atoms with Gasteiger partial charge in [0, 0.05) is 22.4 Å². The summed E-state index contributed by atoms with van der Waals surface area (Å²) in [5, 5.41) is 4.42. The van der Waals surface area contributed by atoms with Crippen LogP contribution in [0.4, 0.5) is 4.39 Å². The van der Waals surface area contributed by atoms with Crippen LogP contribution in [0.15, 0.2) is 59.7 Å². The first-order valence-corrected chi connectivity index (χ1v) is 9.93. The summed E-state index contributed by atoms with van der Waals surface area (Å²) in [5.41, 5.74) is 1.20. The van der Waals surface area contributed by atoms with E-state index in [1.165, 1.54) is 12.1 Å². The first kappa shape index (κ1) is 19.2. The molecule has 1 fully saturated rings. The number of nitrogens with zero attached hydrogens (tertiary/aromatic N) is 2. The van der Waals surface area contributed by atoms with E-state index in [4.69, 9.17) is 23.2 Å². The molecular formula is C21H20Cl2FN3O. The van der Waals surface area contributed by atoms with E-state index in [9.17, 15) is 9.18 Å². The molecule has 0 radical (unpaired) electrons. The van der Waals surface area contributed by atoms with E-state index in [2.05, 4.69) is 5.32 Å². The highest BCUT2D eigenvalue weighted by atomic mass is 35.5. The summed E-state index contributed by atoms with van der Waals surface area (Å²) in [6.07, 6.45) is 5.12. The molecule has 0 amide bonds. The van der Waals surface area contributed by atoms with Crippen molar-refractivity contribution in [3.8, 4) is 0 Å². The van der Waals surface area contributed by atoms with Crippen LogP contribution >= 0.6 is 23.2 Å². The topological polar surface area (TPSA) is 39.0 Å². The van der Waals surface area contributed by atoms with Gasteiger partial charge in [0.25, 0.3) is 0 Å². The standard InChI is InChI=1S/C21H20Cl2FN3O/c22-17-11-15(12-18(23)13-17)14-26-9-10-27(20(26)28)21(5-7-25-8-6-21)16-1-3-19(24)4-2-16/h1-4,9-13,25H,5-8,14H2. The van der Waals surface area contributed by atoms with Crippen LogP contribution in [0.25, 0.3) is 0 Å². The largest absolute Gasteiger partial charge is 0.329 e. The number of benzene rings is 2. The van der Waals surface area contributed by atoms with Crippen molar-refractivity contribution in [1.82, 2.24) is 14.5 Å². The Morgan fingerprint density at radius 1 is 1.00 bits per heavy atom. The minimum Gasteiger partial charge on any atom is -0.317 e. The molecule has 1 aromatic heterocycles. The zero-order valence-corrected chi connectivity index (χ0v) is 16.7. The summed E-state index contributed by atoms with van der Waals surface area (Å²) in [6.45, 7) is 1.96. The minimum atomic E-state index is -0.493. The normalized spacial score (nSPS) is 16.2. The SMILES string of the molecule is O=c1n(Cc2cc(Cl)cc(Cl)c2)ccn1C1(c2ccc(F)cc2)CCNCC1. The average molecular weight is 420 g/mol. The van der Waals surface area contributed by atoms with Gasteiger partial charge in [-0.1, -0.05) is 35.3 Å². The molecule has 1 saturated heterocycles. The second kappa shape index (κ2) is 7.74. The summed E-state index contributed by atoms with van der Waals surface area (Å²) in [5.74, 6) is -0.282. The lowest BCUT2D eigenvalue weighted by molar-refractivity contribution is 0.251. The highest BCUT2D eigenvalue weighted by Gasteiger charge is 2.37. The number of hydrogen-bond acceptors (Lipinski definition) is 2. The lowest BCUT2D eigenvalue weighted by Crippen LogP contribution is -2.49. The van der Waals surface area contributed by atoms with E-state index < -0.39 is 5.54 Å². The van der Waals surface area contributed by atoms with Crippen LogP contribution in [0.3, 0.4) is 0 Å². The first-order valence-electron chi connectivity index (χ1n) is 9.18. The lowest BCUT2D eigenvalue weighted by atomic mass is 9.81. The molecule has 1 aliphatic heterocycles. The van der Waals surface area contributed by atoms with Crippen molar-refractivity contribution in [2.75, 3.05) is 13.1 Å². The Labute approximate surface area is 172 Å². The third-order valence-corrected chi connectivity index (χ3v) is 5.83. The van der Waals surface area contributed by atoms with Crippen molar-refractivity contribution in [3.05, 3.63) is 92.3 Å². The number of nitrogens with one attached hydrogen (secondary N) is 1. The number of halogens is 3. The third kappa shape index (κ3) is 3.62. The Morgan fingerprint density at radius 3 is 2.29 bits per heavy atom. The van der Waals surface area contributed by atoms with Crippen molar-refractivity contribution in [2.24, 2.45) is 0 Å². The van der Waals surface area contributed by atoms with Crippen LogP contribution in [0, 0.1) is 5.82 Å². The molecule has 2 heterocycles. The fourth-order valence-electron chi connectivity index (χ4n) is 4.03. The van der Waals surface area contributed by atoms with Gasteiger partial charge in [-0.15, -0.1) is 0 Å². The fraction of sp³-hybridized carbons (Fsp3) is 0.286. The fourth-order valence-corrected chi connectivity index (χ4v) is 4.60. The van der Waals surface area contributed by atoms with Gasteiger partial charge in [-0.3, -0.25) is 9.13 Å². The van der Waals surface area contributed by atoms with E-state index in [0.717, 1.165) is 37.1 Å². The summed E-state index contributed by atoms with van der Waals surface area (Å²) in [4.78, 5) is 13.3. The molecule has 28 heavy (non-hydrogen) atoms. The van der Waals surface area contributed by atoms with E-state index >= 15 is 0 Å². The molecule has 146 valence electrons. The Kier molecular flexibility index (Phi) is 5.32. The van der Waals surface area contributed by atoms with Gasteiger partial charge in [0.1, 0.15) is 5.82 Å². The smallest absolute Gasteiger partial charge is 0.317 e. The maximum Gasteiger partial charge on any atom is 0.329 e. The molecule has 4 rings (SSSR count). The number of aromatic nitrogens is 2. The highest BCUT2D eigenvalue weighted by molar-refractivity contribution is 6.34. The maximum atomic E-state index is 13.5. The van der Waals surface area contributed by atoms with Gasteiger partial charge < -0.3 is 5.32 Å². The quantitative estimate of drug-likeness (QED) is 0.685. The Morgan fingerprint density at radius 2 is 1.64 bits per heavy atom. The first-order chi connectivity index (χ1) is 13.5. The van der Waals surface area contributed by atoms with Crippen LogP contribution in [-0.4, -0.2) is 22.2 Å². The molecule has 0 atom stereocenters. The molecule has 0 saturated carbocycles. The Hall–Kier alpha value is -2.08. The maximum absolute atomic E-state index is 13.5. The zero-order chi connectivity index (χ0) is 19.7. The molecule has 0 aliphatic carbocycles. The molecule has 4 nitrogen and oxygen atoms in total. The summed E-state index contributed by atoms with van der Waals surface area (Å²) in [7, 11) is 0. The van der Waals surface area contributed by atoms with Gasteiger partial charge in [-0.05, 0) is 67.4 Å². The van der Waals surface area contributed by atoms with Crippen LogP contribution < -0.4 is 11.0 Å². The lowest BCUT2D eigenvalue weighted by Gasteiger charge is -2.39. The number of hydrogen-bond donors (Lipinski definition) is 1. The number of piperidine rings is 1. The molecule has 0 unspecified atom stereocenters. The molecule has 1 N–H and O–H groups in total. The molecule has 0 bridgehead atoms. The van der Waals surface area contributed by atoms with Crippen LogP contribution in [0.2, 0.25) is 10.0 Å². The monoisotopic (exact) mass is 419 g/mol. The van der Waals surface area contributed by atoms with E-state index in [1.54, 1.807) is 45.7 Å². The molecule has 7 heteroatoms. The highest BCUT2D eigenvalue weighted by Crippen LogP contribution is 2.34. The molecule has 1 aliphatic rings. The molecule has 3 aromatic rings. The Balaban J connectivity index is 1.74. The van der Waals surface area contributed by atoms with Gasteiger partial charge in [0.2, 0.25) is 0 Å². The van der Waals surface area contributed by atoms with E-state index in [0.29, 0.717) is 16.6 Å². The molecule has 2 aromatic carbocycles. The van der Waals surface area contributed by atoms with Crippen molar-refractivity contribution in [1.29, 1.82) is 0 Å². The van der Waals surface area contributed by atoms with E-state index in [-0.39, 0.29) is 11.5 Å². The van der Waals surface area contributed by atoms with Gasteiger partial charge >= 0.3 is 5.69 Å². The molecular weight excluding hydrogens is 400 g/mol. The van der Waals surface area contributed by atoms with Gasteiger partial charge in [0.05, 0.1) is 12.1 Å². The molecule has 0 spiro atoms. The van der Waals surface area contributed by atoms with Crippen molar-refractivity contribution in [2.45, 2.75) is 24.9 Å². The van der Waals surface area contributed by atoms with Gasteiger partial charge in [-0.2, -0.15) is 0 Å². The summed E-state index contributed by atoms with van der Waals surface area (Å²) < 4.78 is 16.9. The van der Waals surface area contributed by atoms with Crippen molar-refractivity contribution in [3.63, 3.8) is 0 Å². The summed E-state index contributed by atoms with van der Waals surface area (Å²) in [6, 6.07) is 11.7. The van der Waals surface area contributed by atoms with Crippen LogP contribution in [-0.2, 0) is 12.1 Å². The third-order valence-electron chi connectivity index (χ3n) is 5.40. The zero-order valence-electron chi connectivity index (χ0n) is 15.2. The Bertz CT molecular complexity index is 1020. The van der Waals surface area contributed by atoms with Crippen LogP contribution in [0.5, 0.6) is 0 Å². The van der Waals surface area contributed by atoms with E-state index in [1.807, 2.05) is 6.20 Å². The van der Waals surface area contributed by atoms with Gasteiger partial charge in [0.15, 0.2) is 0 Å². The summed E-state index contributed by atoms with van der Waals surface area (Å²) >= 11 is 12.2. The average Bonchev–Trinajstić information content (AvgIpc) is 3.03. The van der Waals surface area contributed by atoms with Crippen molar-refractivity contribution >= 4 is 23.2 Å². The second-order valence-corrected chi connectivity index (χ2v) is 8.02. The van der Waals surface area contributed by atoms with Gasteiger partial charge in [-0.25, -0.2) is 9.18 Å². The number of rotatable bonds is 4. The van der Waals surface area contributed by atoms with Crippen LogP contribution in [0.1, 0.15) is 24.0 Å². The predicted octanol–water partition coefficient (Wildman–Crippen LogP) is 4.27.